The van der Waals surface area contributed by atoms with Crippen LogP contribution in [0.3, 0.4) is 0 Å². The Morgan fingerprint density at radius 1 is 1.09 bits per heavy atom. The molecule has 0 aromatic heterocycles. The van der Waals surface area contributed by atoms with E-state index in [9.17, 15) is 9.59 Å². The number of carbonyl (C=O) groups excluding carboxylic acids is 2. The summed E-state index contributed by atoms with van der Waals surface area (Å²) in [5.74, 6) is 1.19. The third-order valence-corrected chi connectivity index (χ3v) is 5.17. The maximum atomic E-state index is 13.2. The van der Waals surface area contributed by atoms with Gasteiger partial charge in [-0.25, -0.2) is 0 Å². The molecule has 174 valence electrons. The molecule has 2 rings (SSSR count). The predicted octanol–water partition coefficient (Wildman–Crippen LogP) is 4.84. The van der Waals surface area contributed by atoms with Crippen molar-refractivity contribution < 1.29 is 19.1 Å². The van der Waals surface area contributed by atoms with Crippen molar-refractivity contribution in [1.82, 2.24) is 10.2 Å². The number of halogens is 1. The lowest BCUT2D eigenvalue weighted by Crippen LogP contribution is -2.50. The molecule has 1 N–H and O–H groups in total. The van der Waals surface area contributed by atoms with E-state index in [1.807, 2.05) is 45.0 Å². The minimum absolute atomic E-state index is 0.00176. The zero-order valence-electron chi connectivity index (χ0n) is 19.3. The first-order valence-corrected chi connectivity index (χ1v) is 11.3. The van der Waals surface area contributed by atoms with Crippen LogP contribution < -0.4 is 14.8 Å². The molecule has 0 aliphatic carbocycles. The zero-order chi connectivity index (χ0) is 23.5. The Bertz CT molecular complexity index is 871. The van der Waals surface area contributed by atoms with E-state index in [0.717, 1.165) is 5.56 Å². The molecule has 2 aromatic rings. The summed E-state index contributed by atoms with van der Waals surface area (Å²) in [6.45, 7) is 6.47. The maximum absolute atomic E-state index is 13.2. The molecule has 0 bridgehead atoms. The molecule has 0 aliphatic heterocycles. The average molecular weight is 461 g/mol. The lowest BCUT2D eigenvalue weighted by Gasteiger charge is -2.31. The fourth-order valence-corrected chi connectivity index (χ4v) is 3.48. The topological polar surface area (TPSA) is 67.9 Å². The highest BCUT2D eigenvalue weighted by Crippen LogP contribution is 2.19. The van der Waals surface area contributed by atoms with Gasteiger partial charge >= 0.3 is 0 Å². The van der Waals surface area contributed by atoms with Crippen LogP contribution in [-0.4, -0.2) is 42.5 Å². The van der Waals surface area contributed by atoms with E-state index in [1.54, 1.807) is 36.3 Å². The number of methoxy groups -OCH3 is 1. The number of rotatable bonds is 12. The lowest BCUT2D eigenvalue weighted by atomic mass is 10.1. The SMILES string of the molecule is CC[C@@H](C(=O)NC(C)C)N(Cc1cccc(OC)c1)C(=O)CCCOc1ccc(Cl)cc1. The Labute approximate surface area is 195 Å². The normalized spacial score (nSPS) is 11.7. The van der Waals surface area contributed by atoms with Gasteiger partial charge in [0.2, 0.25) is 11.8 Å². The van der Waals surface area contributed by atoms with E-state index >= 15 is 0 Å². The van der Waals surface area contributed by atoms with Crippen molar-refractivity contribution in [1.29, 1.82) is 0 Å². The summed E-state index contributed by atoms with van der Waals surface area (Å²) >= 11 is 5.89. The van der Waals surface area contributed by atoms with Crippen molar-refractivity contribution in [2.24, 2.45) is 0 Å². The van der Waals surface area contributed by atoms with Crippen LogP contribution in [0, 0.1) is 0 Å². The standard InChI is InChI=1S/C25H33ClN2O4/c1-5-23(25(30)27-18(2)3)28(17-19-8-6-9-22(16-19)31-4)24(29)10-7-15-32-21-13-11-20(26)12-14-21/h6,8-9,11-14,16,18,23H,5,7,10,15,17H2,1-4H3,(H,27,30)/t23-/m0/s1. The van der Waals surface area contributed by atoms with Gasteiger partial charge in [-0.05, 0) is 68.7 Å². The Morgan fingerprint density at radius 3 is 2.44 bits per heavy atom. The summed E-state index contributed by atoms with van der Waals surface area (Å²) in [5, 5.41) is 3.58. The second-order valence-corrected chi connectivity index (χ2v) is 8.30. The van der Waals surface area contributed by atoms with Gasteiger partial charge in [0.1, 0.15) is 17.5 Å². The zero-order valence-corrected chi connectivity index (χ0v) is 20.0. The average Bonchev–Trinajstić information content (AvgIpc) is 2.77. The number of ether oxygens (including phenoxy) is 2. The number of hydrogen-bond donors (Lipinski definition) is 1. The van der Waals surface area contributed by atoms with Gasteiger partial charge in [-0.3, -0.25) is 9.59 Å². The number of nitrogens with zero attached hydrogens (tertiary/aromatic N) is 1. The largest absolute Gasteiger partial charge is 0.497 e. The van der Waals surface area contributed by atoms with Crippen molar-refractivity contribution >= 4 is 23.4 Å². The number of nitrogens with one attached hydrogen (secondary N) is 1. The molecule has 0 radical (unpaired) electrons. The van der Waals surface area contributed by atoms with E-state index in [2.05, 4.69) is 5.32 Å². The van der Waals surface area contributed by atoms with Crippen LogP contribution in [0.1, 0.15) is 45.6 Å². The number of carbonyl (C=O) groups is 2. The van der Waals surface area contributed by atoms with Crippen molar-refractivity contribution in [2.75, 3.05) is 13.7 Å². The lowest BCUT2D eigenvalue weighted by molar-refractivity contribution is -0.141. The molecule has 0 fully saturated rings. The molecule has 7 heteroatoms. The fourth-order valence-electron chi connectivity index (χ4n) is 3.36. The first-order chi connectivity index (χ1) is 15.3. The molecular weight excluding hydrogens is 428 g/mol. The highest BCUT2D eigenvalue weighted by atomic mass is 35.5. The first-order valence-electron chi connectivity index (χ1n) is 10.9. The highest BCUT2D eigenvalue weighted by molar-refractivity contribution is 6.30. The molecule has 2 aromatic carbocycles. The van der Waals surface area contributed by atoms with Gasteiger partial charge in [0.15, 0.2) is 0 Å². The van der Waals surface area contributed by atoms with Gasteiger partial charge in [0, 0.05) is 24.0 Å². The van der Waals surface area contributed by atoms with Gasteiger partial charge < -0.3 is 19.7 Å². The summed E-state index contributed by atoms with van der Waals surface area (Å²) in [7, 11) is 1.60. The fraction of sp³-hybridized carbons (Fsp3) is 0.440. The van der Waals surface area contributed by atoms with Crippen LogP contribution in [0.2, 0.25) is 5.02 Å². The minimum atomic E-state index is -0.548. The summed E-state index contributed by atoms with van der Waals surface area (Å²) in [6.07, 6.45) is 1.34. The third kappa shape index (κ3) is 8.08. The Hall–Kier alpha value is -2.73. The Morgan fingerprint density at radius 2 is 1.81 bits per heavy atom. The molecule has 0 saturated heterocycles. The summed E-state index contributed by atoms with van der Waals surface area (Å²) in [5.41, 5.74) is 0.908. The highest BCUT2D eigenvalue weighted by Gasteiger charge is 2.28. The molecule has 1 atom stereocenters. The van der Waals surface area contributed by atoms with E-state index in [4.69, 9.17) is 21.1 Å². The van der Waals surface area contributed by atoms with Crippen LogP contribution in [0.25, 0.3) is 0 Å². The molecule has 0 saturated carbocycles. The maximum Gasteiger partial charge on any atom is 0.243 e. The van der Waals surface area contributed by atoms with Crippen LogP contribution in [0.15, 0.2) is 48.5 Å². The van der Waals surface area contributed by atoms with Gasteiger partial charge in [0.05, 0.1) is 13.7 Å². The molecule has 0 spiro atoms. The molecule has 2 amide bonds. The molecule has 0 heterocycles. The predicted molar refractivity (Wildman–Crippen MR) is 127 cm³/mol. The number of amides is 2. The second kappa shape index (κ2) is 13.0. The third-order valence-electron chi connectivity index (χ3n) is 4.92. The van der Waals surface area contributed by atoms with Gasteiger partial charge in [-0.1, -0.05) is 30.7 Å². The quantitative estimate of drug-likeness (QED) is 0.460. The number of benzene rings is 2. The summed E-state index contributed by atoms with van der Waals surface area (Å²) in [4.78, 5) is 27.7. The molecule has 32 heavy (non-hydrogen) atoms. The van der Waals surface area contributed by atoms with E-state index in [-0.39, 0.29) is 24.3 Å². The van der Waals surface area contributed by atoms with Crippen LogP contribution in [-0.2, 0) is 16.1 Å². The van der Waals surface area contributed by atoms with Crippen LogP contribution in [0.4, 0.5) is 0 Å². The van der Waals surface area contributed by atoms with Crippen molar-refractivity contribution in [3.63, 3.8) is 0 Å². The second-order valence-electron chi connectivity index (χ2n) is 7.87. The van der Waals surface area contributed by atoms with Gasteiger partial charge in [-0.15, -0.1) is 0 Å². The monoisotopic (exact) mass is 460 g/mol. The van der Waals surface area contributed by atoms with Crippen molar-refractivity contribution in [2.45, 2.75) is 58.7 Å². The molecule has 0 unspecified atom stereocenters. The summed E-state index contributed by atoms with van der Waals surface area (Å²) in [6, 6.07) is 14.1. The molecule has 6 nitrogen and oxygen atoms in total. The van der Waals surface area contributed by atoms with Crippen molar-refractivity contribution in [3.05, 3.63) is 59.1 Å². The Balaban J connectivity index is 2.07. The van der Waals surface area contributed by atoms with E-state index < -0.39 is 6.04 Å². The van der Waals surface area contributed by atoms with Gasteiger partial charge in [0.25, 0.3) is 0 Å². The smallest absolute Gasteiger partial charge is 0.243 e. The van der Waals surface area contributed by atoms with Crippen LogP contribution in [0.5, 0.6) is 11.5 Å². The van der Waals surface area contributed by atoms with Gasteiger partial charge in [-0.2, -0.15) is 0 Å². The van der Waals surface area contributed by atoms with Crippen molar-refractivity contribution in [3.8, 4) is 11.5 Å². The van der Waals surface area contributed by atoms with Crippen LogP contribution >= 0.6 is 11.6 Å². The first kappa shape index (κ1) is 25.5. The molecular formula is C25H33ClN2O4. The number of hydrogen-bond acceptors (Lipinski definition) is 4. The van der Waals surface area contributed by atoms with E-state index in [0.29, 0.717) is 42.5 Å². The molecule has 0 aliphatic rings. The minimum Gasteiger partial charge on any atom is -0.497 e. The summed E-state index contributed by atoms with van der Waals surface area (Å²) < 4.78 is 11.0. The van der Waals surface area contributed by atoms with E-state index in [1.165, 1.54) is 0 Å². The Kier molecular flexibility index (Phi) is 10.3.